The molecule has 3 N–H and O–H groups in total. The first-order chi connectivity index (χ1) is 12.0. The Hall–Kier alpha value is -3.11. The van der Waals surface area contributed by atoms with E-state index in [1.165, 1.54) is 6.08 Å². The summed E-state index contributed by atoms with van der Waals surface area (Å²) in [5, 5.41) is 32.9. The van der Waals surface area contributed by atoms with Gasteiger partial charge in [-0.1, -0.05) is 60.7 Å². The normalized spacial score (nSPS) is 21.9. The van der Waals surface area contributed by atoms with E-state index >= 15 is 0 Å². The highest BCUT2D eigenvalue weighted by atomic mass is 16.4. The number of aromatic hydroxyl groups is 1. The molecule has 4 rings (SSSR count). The smallest absolute Gasteiger partial charge is 0.340 e. The molecule has 0 aromatic heterocycles. The highest BCUT2D eigenvalue weighted by molar-refractivity contribution is 5.93. The van der Waals surface area contributed by atoms with Crippen molar-refractivity contribution < 1.29 is 20.1 Å². The van der Waals surface area contributed by atoms with Gasteiger partial charge in [-0.3, -0.25) is 0 Å². The minimum Gasteiger partial charge on any atom is -0.508 e. The highest BCUT2D eigenvalue weighted by Crippen LogP contribution is 2.47. The molecule has 3 aromatic rings. The number of phenols is 1. The van der Waals surface area contributed by atoms with Gasteiger partial charge in [-0.05, 0) is 34.0 Å². The van der Waals surface area contributed by atoms with Crippen LogP contribution in [0.1, 0.15) is 22.6 Å². The fraction of sp³-hybridized carbons (Fsp3) is 0.0952. The number of carbonyl (C=O) groups is 1. The Labute approximate surface area is 144 Å². The number of fused-ring (bicyclic) bond motifs is 2. The van der Waals surface area contributed by atoms with Crippen LogP contribution in [-0.4, -0.2) is 26.9 Å². The van der Waals surface area contributed by atoms with E-state index in [9.17, 15) is 20.1 Å². The predicted octanol–water partition coefficient (Wildman–Crippen LogP) is 3.52. The van der Waals surface area contributed by atoms with E-state index in [4.69, 9.17) is 0 Å². The Morgan fingerprint density at radius 2 is 1.68 bits per heavy atom. The number of phenolic OH excluding ortho intramolecular Hbond substituents is 1. The van der Waals surface area contributed by atoms with Gasteiger partial charge in [-0.25, -0.2) is 4.79 Å². The lowest BCUT2D eigenvalue weighted by molar-refractivity contribution is -0.154. The molecule has 0 aliphatic heterocycles. The van der Waals surface area contributed by atoms with Crippen LogP contribution in [0, 0.1) is 0 Å². The van der Waals surface area contributed by atoms with Crippen molar-refractivity contribution in [2.24, 2.45) is 0 Å². The first-order valence-corrected chi connectivity index (χ1v) is 7.97. The van der Waals surface area contributed by atoms with E-state index in [-0.39, 0.29) is 5.75 Å². The average molecular weight is 332 g/mol. The molecule has 0 radical (unpaired) electrons. The van der Waals surface area contributed by atoms with E-state index in [1.807, 2.05) is 36.4 Å². The van der Waals surface area contributed by atoms with Crippen molar-refractivity contribution in [2.45, 2.75) is 11.5 Å². The molecule has 2 unspecified atom stereocenters. The Bertz CT molecular complexity index is 1020. The van der Waals surface area contributed by atoms with Gasteiger partial charge < -0.3 is 15.3 Å². The van der Waals surface area contributed by atoms with Crippen molar-refractivity contribution in [1.29, 1.82) is 0 Å². The summed E-state index contributed by atoms with van der Waals surface area (Å²) in [4.78, 5) is 11.9. The van der Waals surface area contributed by atoms with E-state index in [2.05, 4.69) is 0 Å². The number of carboxylic acid groups (broad SMARTS) is 1. The molecule has 0 heterocycles. The second-order valence-electron chi connectivity index (χ2n) is 6.25. The predicted molar refractivity (Wildman–Crippen MR) is 95.5 cm³/mol. The van der Waals surface area contributed by atoms with Gasteiger partial charge in [-0.15, -0.1) is 0 Å². The Kier molecular flexibility index (Phi) is 3.37. The van der Waals surface area contributed by atoms with Crippen molar-refractivity contribution in [2.75, 3.05) is 0 Å². The second-order valence-corrected chi connectivity index (χ2v) is 6.25. The SMILES string of the molecule is O=C(O)C1(O)C=Cc2ccccc2C1c1c(O)ccc2ccccc12. The van der Waals surface area contributed by atoms with Crippen LogP contribution >= 0.6 is 0 Å². The van der Waals surface area contributed by atoms with Crippen molar-refractivity contribution in [3.63, 3.8) is 0 Å². The zero-order valence-corrected chi connectivity index (χ0v) is 13.3. The van der Waals surface area contributed by atoms with Gasteiger partial charge in [0.2, 0.25) is 0 Å². The first-order valence-electron chi connectivity index (χ1n) is 7.97. The van der Waals surface area contributed by atoms with Crippen molar-refractivity contribution in [3.8, 4) is 5.75 Å². The molecule has 4 nitrogen and oxygen atoms in total. The molecular formula is C21H16O4. The average Bonchev–Trinajstić information content (AvgIpc) is 2.62. The van der Waals surface area contributed by atoms with Gasteiger partial charge in [-0.2, -0.15) is 0 Å². The van der Waals surface area contributed by atoms with Crippen molar-refractivity contribution >= 4 is 22.8 Å². The number of benzene rings is 3. The summed E-state index contributed by atoms with van der Waals surface area (Å²) < 4.78 is 0. The third-order valence-corrected chi connectivity index (χ3v) is 4.84. The number of hydrogen-bond acceptors (Lipinski definition) is 3. The number of carboxylic acids is 1. The number of rotatable bonds is 2. The zero-order valence-electron chi connectivity index (χ0n) is 13.3. The summed E-state index contributed by atoms with van der Waals surface area (Å²) in [6.07, 6.45) is 2.91. The molecule has 25 heavy (non-hydrogen) atoms. The summed E-state index contributed by atoms with van der Waals surface area (Å²) in [5.41, 5.74) is -0.234. The lowest BCUT2D eigenvalue weighted by atomic mass is 9.71. The summed E-state index contributed by atoms with van der Waals surface area (Å²) >= 11 is 0. The minimum atomic E-state index is -2.14. The van der Waals surface area contributed by atoms with Crippen LogP contribution in [0.3, 0.4) is 0 Å². The molecule has 2 atom stereocenters. The van der Waals surface area contributed by atoms with Gasteiger partial charge in [0.05, 0.1) is 5.92 Å². The van der Waals surface area contributed by atoms with Gasteiger partial charge in [0.15, 0.2) is 5.60 Å². The molecule has 1 aliphatic carbocycles. The minimum absolute atomic E-state index is 0.0338. The van der Waals surface area contributed by atoms with E-state index in [0.29, 0.717) is 11.1 Å². The highest BCUT2D eigenvalue weighted by Gasteiger charge is 2.47. The summed E-state index contributed by atoms with van der Waals surface area (Å²) in [6.45, 7) is 0. The lowest BCUT2D eigenvalue weighted by Crippen LogP contribution is -2.44. The van der Waals surface area contributed by atoms with E-state index < -0.39 is 17.5 Å². The lowest BCUT2D eigenvalue weighted by Gasteiger charge is -2.35. The summed E-state index contributed by atoms with van der Waals surface area (Å²) in [5.74, 6) is -2.30. The van der Waals surface area contributed by atoms with Crippen LogP contribution in [0.4, 0.5) is 0 Å². The van der Waals surface area contributed by atoms with Crippen LogP contribution in [-0.2, 0) is 4.79 Å². The quantitative estimate of drug-likeness (QED) is 0.671. The van der Waals surface area contributed by atoms with Crippen LogP contribution in [0.2, 0.25) is 0 Å². The van der Waals surface area contributed by atoms with Crippen LogP contribution in [0.15, 0.2) is 66.7 Å². The van der Waals surface area contributed by atoms with Crippen molar-refractivity contribution in [3.05, 3.63) is 83.4 Å². The topological polar surface area (TPSA) is 77.8 Å². The monoisotopic (exact) mass is 332 g/mol. The third kappa shape index (κ3) is 2.22. The van der Waals surface area contributed by atoms with Gasteiger partial charge >= 0.3 is 5.97 Å². The molecular weight excluding hydrogens is 316 g/mol. The molecule has 0 bridgehead atoms. The van der Waals surface area contributed by atoms with Gasteiger partial charge in [0, 0.05) is 5.56 Å². The third-order valence-electron chi connectivity index (χ3n) is 4.84. The standard InChI is InChI=1S/C21H16O4/c22-17-10-9-13-5-1-3-7-15(13)18(17)19-16-8-4-2-6-14(16)11-12-21(19,25)20(23)24/h1-12,19,22,25H,(H,23,24). The van der Waals surface area contributed by atoms with Gasteiger partial charge in [0.25, 0.3) is 0 Å². The molecule has 0 saturated heterocycles. The Morgan fingerprint density at radius 1 is 0.960 bits per heavy atom. The fourth-order valence-corrected chi connectivity index (χ4v) is 3.63. The van der Waals surface area contributed by atoms with Crippen LogP contribution < -0.4 is 0 Å². The molecule has 124 valence electrons. The van der Waals surface area contributed by atoms with Crippen LogP contribution in [0.5, 0.6) is 5.75 Å². The zero-order chi connectivity index (χ0) is 17.6. The molecule has 0 amide bonds. The molecule has 4 heteroatoms. The number of aliphatic carboxylic acids is 1. The summed E-state index contributed by atoms with van der Waals surface area (Å²) in [6, 6.07) is 18.1. The molecule has 0 spiro atoms. The van der Waals surface area contributed by atoms with Crippen molar-refractivity contribution in [1.82, 2.24) is 0 Å². The van der Waals surface area contributed by atoms with E-state index in [0.717, 1.165) is 16.3 Å². The second kappa shape index (κ2) is 5.46. The number of hydrogen-bond donors (Lipinski definition) is 3. The molecule has 0 fully saturated rings. The number of aliphatic hydroxyl groups is 1. The van der Waals surface area contributed by atoms with Gasteiger partial charge in [0.1, 0.15) is 5.75 Å². The maximum Gasteiger partial charge on any atom is 0.340 e. The first kappa shape index (κ1) is 15.4. The summed E-state index contributed by atoms with van der Waals surface area (Å²) in [7, 11) is 0. The molecule has 0 saturated carbocycles. The molecule has 1 aliphatic rings. The van der Waals surface area contributed by atoms with Crippen LogP contribution in [0.25, 0.3) is 16.8 Å². The Morgan fingerprint density at radius 3 is 2.48 bits per heavy atom. The maximum atomic E-state index is 11.9. The largest absolute Gasteiger partial charge is 0.508 e. The fourth-order valence-electron chi connectivity index (χ4n) is 3.63. The Balaban J connectivity index is 2.10. The maximum absolute atomic E-state index is 11.9. The molecule has 3 aromatic carbocycles. The van der Waals surface area contributed by atoms with E-state index in [1.54, 1.807) is 30.3 Å².